The fraction of sp³-hybridized carbons (Fsp3) is 0. The second-order valence-electron chi connectivity index (χ2n) is 13.1. The van der Waals surface area contributed by atoms with Crippen LogP contribution in [-0.2, 0) is 0 Å². The van der Waals surface area contributed by atoms with Crippen LogP contribution in [0.15, 0.2) is 173 Å². The second kappa shape index (κ2) is 11.2. The molecule has 3 aromatic heterocycles. The van der Waals surface area contributed by atoms with Crippen LogP contribution in [0, 0.1) is 0 Å². The summed E-state index contributed by atoms with van der Waals surface area (Å²) in [5.74, 6) is 1.71. The lowest BCUT2D eigenvalue weighted by molar-refractivity contribution is 0.669. The van der Waals surface area contributed by atoms with Gasteiger partial charge >= 0.3 is 0 Å². The van der Waals surface area contributed by atoms with Gasteiger partial charge in [0.05, 0.1) is 5.56 Å². The van der Waals surface area contributed by atoms with Crippen molar-refractivity contribution in [2.24, 2.45) is 0 Å². The van der Waals surface area contributed by atoms with Crippen LogP contribution in [0.4, 0.5) is 0 Å². The zero-order chi connectivity index (χ0) is 34.2. The minimum atomic E-state index is 0.545. The number of furan rings is 2. The Morgan fingerprint density at radius 2 is 0.942 bits per heavy atom. The summed E-state index contributed by atoms with van der Waals surface area (Å²) in [6.07, 6.45) is 0. The van der Waals surface area contributed by atoms with E-state index < -0.39 is 0 Å². The van der Waals surface area contributed by atoms with Gasteiger partial charge in [0.1, 0.15) is 22.3 Å². The smallest absolute Gasteiger partial charge is 0.167 e. The molecule has 11 rings (SSSR count). The molecule has 0 aliphatic carbocycles. The SMILES string of the molecule is c1ccc(-c2cccc3oc4c5ccccc5c(-c5nc(-c6ccc7ccccc7c6)nc(-c6cccc7c6oc6ccccc67)n5)cc4c23)cc1. The highest BCUT2D eigenvalue weighted by Gasteiger charge is 2.22. The zero-order valence-electron chi connectivity index (χ0n) is 27.7. The first kappa shape index (κ1) is 28.7. The molecule has 52 heavy (non-hydrogen) atoms. The summed E-state index contributed by atoms with van der Waals surface area (Å²) in [6, 6.07) is 56.3. The molecule has 11 aromatic rings. The molecule has 0 unspecified atom stereocenters. The van der Waals surface area contributed by atoms with Gasteiger partial charge in [0.2, 0.25) is 0 Å². The molecule has 8 aromatic carbocycles. The Bertz CT molecular complexity index is 3190. The number of benzene rings is 8. The minimum absolute atomic E-state index is 0.545. The summed E-state index contributed by atoms with van der Waals surface area (Å²) in [5, 5.41) is 8.42. The third-order valence-corrected chi connectivity index (χ3v) is 10.1. The van der Waals surface area contributed by atoms with E-state index in [0.29, 0.717) is 17.5 Å². The summed E-state index contributed by atoms with van der Waals surface area (Å²) >= 11 is 0. The van der Waals surface area contributed by atoms with E-state index >= 15 is 0 Å². The normalized spacial score (nSPS) is 11.8. The quantitative estimate of drug-likeness (QED) is 0.187. The molecular formula is C47H27N3O2. The molecule has 5 nitrogen and oxygen atoms in total. The summed E-state index contributed by atoms with van der Waals surface area (Å²) < 4.78 is 13.2. The summed E-state index contributed by atoms with van der Waals surface area (Å²) in [6.45, 7) is 0. The van der Waals surface area contributed by atoms with Gasteiger partial charge in [-0.2, -0.15) is 0 Å². The van der Waals surface area contributed by atoms with Crippen molar-refractivity contribution in [1.82, 2.24) is 15.0 Å². The van der Waals surface area contributed by atoms with Gasteiger partial charge in [0.15, 0.2) is 17.5 Å². The van der Waals surface area contributed by atoms with Gasteiger partial charge in [-0.1, -0.05) is 133 Å². The molecule has 242 valence electrons. The molecule has 0 radical (unpaired) electrons. The van der Waals surface area contributed by atoms with Crippen LogP contribution in [0.2, 0.25) is 0 Å². The number of para-hydroxylation sites is 2. The molecule has 0 spiro atoms. The maximum atomic E-state index is 6.66. The van der Waals surface area contributed by atoms with E-state index in [4.69, 9.17) is 23.8 Å². The molecule has 0 saturated heterocycles. The van der Waals surface area contributed by atoms with Crippen molar-refractivity contribution in [3.05, 3.63) is 164 Å². The second-order valence-corrected chi connectivity index (χ2v) is 13.1. The molecule has 0 aliphatic heterocycles. The lowest BCUT2D eigenvalue weighted by atomic mass is 9.96. The van der Waals surface area contributed by atoms with Crippen molar-refractivity contribution in [3.8, 4) is 45.3 Å². The largest absolute Gasteiger partial charge is 0.455 e. The summed E-state index contributed by atoms with van der Waals surface area (Å²) in [4.78, 5) is 15.7. The predicted octanol–water partition coefficient (Wildman–Crippen LogP) is 12.6. The van der Waals surface area contributed by atoms with Crippen LogP contribution < -0.4 is 0 Å². The van der Waals surface area contributed by atoms with Crippen molar-refractivity contribution in [2.75, 3.05) is 0 Å². The van der Waals surface area contributed by atoms with E-state index in [1.54, 1.807) is 0 Å². The highest BCUT2D eigenvalue weighted by atomic mass is 16.3. The topological polar surface area (TPSA) is 65.0 Å². The summed E-state index contributed by atoms with van der Waals surface area (Å²) in [7, 11) is 0. The highest BCUT2D eigenvalue weighted by Crippen LogP contribution is 2.43. The molecule has 0 bridgehead atoms. The average Bonchev–Trinajstić information content (AvgIpc) is 3.79. The number of hydrogen-bond donors (Lipinski definition) is 0. The van der Waals surface area contributed by atoms with E-state index in [1.807, 2.05) is 42.5 Å². The molecule has 0 atom stereocenters. The fourth-order valence-electron chi connectivity index (χ4n) is 7.69. The summed E-state index contributed by atoms with van der Waals surface area (Å²) in [5.41, 5.74) is 8.11. The average molecular weight is 666 g/mol. The van der Waals surface area contributed by atoms with Crippen LogP contribution in [0.1, 0.15) is 0 Å². The molecule has 3 heterocycles. The number of aromatic nitrogens is 3. The molecule has 5 heteroatoms. The number of fused-ring (bicyclic) bond motifs is 9. The molecule has 0 fully saturated rings. The van der Waals surface area contributed by atoms with Crippen molar-refractivity contribution >= 4 is 65.4 Å². The maximum Gasteiger partial charge on any atom is 0.167 e. The zero-order valence-corrected chi connectivity index (χ0v) is 27.7. The Morgan fingerprint density at radius 3 is 1.83 bits per heavy atom. The number of rotatable bonds is 4. The molecule has 0 aliphatic rings. The molecule has 0 N–H and O–H groups in total. The van der Waals surface area contributed by atoms with Gasteiger partial charge in [0.25, 0.3) is 0 Å². The Morgan fingerprint density at radius 1 is 0.327 bits per heavy atom. The number of nitrogens with zero attached hydrogens (tertiary/aromatic N) is 3. The Kier molecular flexibility index (Phi) is 6.18. The molecule has 0 saturated carbocycles. The van der Waals surface area contributed by atoms with E-state index in [1.165, 1.54) is 0 Å². The fourth-order valence-corrected chi connectivity index (χ4v) is 7.69. The lowest BCUT2D eigenvalue weighted by Crippen LogP contribution is -2.01. The van der Waals surface area contributed by atoms with E-state index in [9.17, 15) is 0 Å². The van der Waals surface area contributed by atoms with Gasteiger partial charge in [-0.05, 0) is 57.6 Å². The lowest BCUT2D eigenvalue weighted by Gasteiger charge is -2.12. The van der Waals surface area contributed by atoms with Gasteiger partial charge < -0.3 is 8.83 Å². The molecular weight excluding hydrogens is 639 g/mol. The van der Waals surface area contributed by atoms with Crippen LogP contribution in [0.25, 0.3) is 111 Å². The van der Waals surface area contributed by atoms with Crippen molar-refractivity contribution in [2.45, 2.75) is 0 Å². The van der Waals surface area contributed by atoms with E-state index in [-0.39, 0.29) is 0 Å². The van der Waals surface area contributed by atoms with Crippen LogP contribution >= 0.6 is 0 Å². The van der Waals surface area contributed by atoms with Gasteiger partial charge in [-0.15, -0.1) is 0 Å². The van der Waals surface area contributed by atoms with E-state index in [2.05, 4.69) is 121 Å². The predicted molar refractivity (Wildman–Crippen MR) is 211 cm³/mol. The van der Waals surface area contributed by atoms with Crippen LogP contribution in [0.5, 0.6) is 0 Å². The van der Waals surface area contributed by atoms with Crippen molar-refractivity contribution in [3.63, 3.8) is 0 Å². The van der Waals surface area contributed by atoms with Crippen LogP contribution in [-0.4, -0.2) is 15.0 Å². The Labute approximate surface area is 297 Å². The Hall–Kier alpha value is -7.11. The van der Waals surface area contributed by atoms with Gasteiger partial charge in [-0.3, -0.25) is 0 Å². The molecule has 0 amide bonds. The standard InChI is InChI=1S/C47H27N3O2/c1-2-13-29(14-3-1)32-19-11-23-41-42(32)39-27-38(33-16-6-7-18-35(33)44(39)52-41)47-49-45(31-25-24-28-12-4-5-15-30(28)26-31)48-46(50-47)37-21-10-20-36-34-17-8-9-22-40(34)51-43(36)37/h1-27H. The van der Waals surface area contributed by atoms with E-state index in [0.717, 1.165) is 93.2 Å². The van der Waals surface area contributed by atoms with Gasteiger partial charge in [-0.25, -0.2) is 15.0 Å². The van der Waals surface area contributed by atoms with Gasteiger partial charge in [0, 0.05) is 38.1 Å². The number of hydrogen-bond acceptors (Lipinski definition) is 5. The van der Waals surface area contributed by atoms with Crippen molar-refractivity contribution < 1.29 is 8.83 Å². The first-order valence-electron chi connectivity index (χ1n) is 17.4. The minimum Gasteiger partial charge on any atom is -0.455 e. The van der Waals surface area contributed by atoms with Crippen LogP contribution in [0.3, 0.4) is 0 Å². The monoisotopic (exact) mass is 665 g/mol. The van der Waals surface area contributed by atoms with Crippen molar-refractivity contribution in [1.29, 1.82) is 0 Å². The third-order valence-electron chi connectivity index (χ3n) is 10.1. The maximum absolute atomic E-state index is 6.66. The highest BCUT2D eigenvalue weighted by molar-refractivity contribution is 6.22. The Balaban J connectivity index is 1.23. The third kappa shape index (κ3) is 4.39. The first-order chi connectivity index (χ1) is 25.8. The first-order valence-corrected chi connectivity index (χ1v) is 17.4.